The molecule has 0 radical (unpaired) electrons. The van der Waals surface area contributed by atoms with Crippen LogP contribution in [0.1, 0.15) is 50.6 Å². The first-order valence-corrected chi connectivity index (χ1v) is 9.86. The van der Waals surface area contributed by atoms with E-state index in [2.05, 4.69) is 17.1 Å². The zero-order valence-corrected chi connectivity index (χ0v) is 16.3. The van der Waals surface area contributed by atoms with Crippen LogP contribution < -0.4 is 14.8 Å². The minimum atomic E-state index is 0.114. The minimum absolute atomic E-state index is 0.114. The molecule has 0 saturated carbocycles. The molecule has 0 aromatic heterocycles. The van der Waals surface area contributed by atoms with Gasteiger partial charge in [-0.2, -0.15) is 0 Å². The van der Waals surface area contributed by atoms with Crippen molar-refractivity contribution in [3.8, 4) is 11.5 Å². The van der Waals surface area contributed by atoms with Crippen molar-refractivity contribution in [1.29, 1.82) is 0 Å². The van der Waals surface area contributed by atoms with E-state index < -0.39 is 0 Å². The summed E-state index contributed by atoms with van der Waals surface area (Å²) < 4.78 is 10.9. The van der Waals surface area contributed by atoms with Gasteiger partial charge in [-0.05, 0) is 62.7 Å². The topological polar surface area (TPSA) is 50.8 Å². The number of hydrogen-bond acceptors (Lipinski definition) is 4. The number of benzene rings is 1. The van der Waals surface area contributed by atoms with Crippen molar-refractivity contribution in [2.24, 2.45) is 11.8 Å². The van der Waals surface area contributed by atoms with E-state index in [9.17, 15) is 4.79 Å². The van der Waals surface area contributed by atoms with Crippen molar-refractivity contribution < 1.29 is 14.3 Å². The number of carbonyl (C=O) groups excluding carboxylic acids is 1. The van der Waals surface area contributed by atoms with Crippen molar-refractivity contribution in [2.75, 3.05) is 33.9 Å². The van der Waals surface area contributed by atoms with Gasteiger partial charge in [0, 0.05) is 24.6 Å². The van der Waals surface area contributed by atoms with Gasteiger partial charge in [-0.15, -0.1) is 0 Å². The molecule has 0 aliphatic carbocycles. The maximum Gasteiger partial charge on any atom is 0.223 e. The molecule has 2 saturated heterocycles. The number of rotatable bonds is 6. The van der Waals surface area contributed by atoms with E-state index in [0.717, 1.165) is 49.5 Å². The van der Waals surface area contributed by atoms with E-state index >= 15 is 0 Å². The lowest BCUT2D eigenvalue weighted by atomic mass is 9.84. The summed E-state index contributed by atoms with van der Waals surface area (Å²) in [5.74, 6) is 2.98. The Balaban J connectivity index is 1.70. The number of piperidine rings is 1. The Bertz CT molecular complexity index is 613. The Labute approximate surface area is 157 Å². The number of hydrogen-bond donors (Lipinski definition) is 1. The Morgan fingerprint density at radius 2 is 2.00 bits per heavy atom. The SMILES string of the molecule is COc1ccc(C2CCCN2C(=O)CC(C)C2CCNCC2)c(OC)c1. The summed E-state index contributed by atoms with van der Waals surface area (Å²) in [6.45, 7) is 5.25. The average Bonchev–Trinajstić information content (AvgIpc) is 3.17. The van der Waals surface area contributed by atoms with Gasteiger partial charge in [0.25, 0.3) is 0 Å². The van der Waals surface area contributed by atoms with Crippen molar-refractivity contribution in [3.05, 3.63) is 23.8 Å². The summed E-state index contributed by atoms with van der Waals surface area (Å²) in [5.41, 5.74) is 1.09. The largest absolute Gasteiger partial charge is 0.497 e. The van der Waals surface area contributed by atoms with Gasteiger partial charge in [-0.1, -0.05) is 6.92 Å². The van der Waals surface area contributed by atoms with E-state index in [1.165, 1.54) is 12.8 Å². The third kappa shape index (κ3) is 4.14. The second-order valence-electron chi connectivity index (χ2n) is 7.62. The van der Waals surface area contributed by atoms with Crippen LogP contribution in [-0.4, -0.2) is 44.7 Å². The van der Waals surface area contributed by atoms with Crippen LogP contribution in [0.4, 0.5) is 0 Å². The molecule has 1 N–H and O–H groups in total. The van der Waals surface area contributed by atoms with Crippen LogP contribution in [-0.2, 0) is 4.79 Å². The Morgan fingerprint density at radius 1 is 1.23 bits per heavy atom. The van der Waals surface area contributed by atoms with Crippen LogP contribution in [0.3, 0.4) is 0 Å². The lowest BCUT2D eigenvalue weighted by Crippen LogP contribution is -2.35. The van der Waals surface area contributed by atoms with Crippen molar-refractivity contribution in [1.82, 2.24) is 10.2 Å². The molecule has 5 nitrogen and oxygen atoms in total. The first-order chi connectivity index (χ1) is 12.6. The molecule has 2 atom stereocenters. The van der Waals surface area contributed by atoms with Crippen LogP contribution >= 0.6 is 0 Å². The zero-order chi connectivity index (χ0) is 18.5. The standard InChI is InChI=1S/C21H32N2O3/c1-15(16-8-10-22-11-9-16)13-21(24)23-12-4-5-19(23)18-7-6-17(25-2)14-20(18)26-3/h6-7,14-16,19,22H,4-5,8-13H2,1-3H3. The van der Waals surface area contributed by atoms with Gasteiger partial charge in [0.05, 0.1) is 20.3 Å². The summed E-state index contributed by atoms with van der Waals surface area (Å²) in [6.07, 6.45) is 5.07. The molecule has 144 valence electrons. The first kappa shape index (κ1) is 19.0. The van der Waals surface area contributed by atoms with Gasteiger partial charge in [0.2, 0.25) is 5.91 Å². The van der Waals surface area contributed by atoms with Crippen LogP contribution in [0.25, 0.3) is 0 Å². The number of likely N-dealkylation sites (tertiary alicyclic amines) is 1. The number of ether oxygens (including phenoxy) is 2. The molecular weight excluding hydrogens is 328 g/mol. The van der Waals surface area contributed by atoms with Crippen LogP contribution in [0.2, 0.25) is 0 Å². The van der Waals surface area contributed by atoms with Crippen LogP contribution in [0.15, 0.2) is 18.2 Å². The number of nitrogens with zero attached hydrogens (tertiary/aromatic N) is 1. The predicted molar refractivity (Wildman–Crippen MR) is 103 cm³/mol. The van der Waals surface area contributed by atoms with E-state index in [1.54, 1.807) is 14.2 Å². The molecule has 26 heavy (non-hydrogen) atoms. The molecule has 3 rings (SSSR count). The molecule has 2 aliphatic rings. The maximum atomic E-state index is 13.0. The highest BCUT2D eigenvalue weighted by atomic mass is 16.5. The van der Waals surface area contributed by atoms with Crippen molar-refractivity contribution in [2.45, 2.75) is 45.1 Å². The molecular formula is C21H32N2O3. The molecule has 0 bridgehead atoms. The lowest BCUT2D eigenvalue weighted by Gasteiger charge is -2.31. The lowest BCUT2D eigenvalue weighted by molar-refractivity contribution is -0.133. The van der Waals surface area contributed by atoms with Crippen molar-refractivity contribution in [3.63, 3.8) is 0 Å². The summed E-state index contributed by atoms with van der Waals surface area (Å²) >= 11 is 0. The minimum Gasteiger partial charge on any atom is -0.497 e. The van der Waals surface area contributed by atoms with Crippen LogP contribution in [0, 0.1) is 11.8 Å². The second-order valence-corrected chi connectivity index (χ2v) is 7.62. The Hall–Kier alpha value is -1.75. The summed E-state index contributed by atoms with van der Waals surface area (Å²) in [4.78, 5) is 15.1. The maximum absolute atomic E-state index is 13.0. The van der Waals surface area contributed by atoms with Gasteiger partial charge in [-0.25, -0.2) is 0 Å². The average molecular weight is 360 g/mol. The van der Waals surface area contributed by atoms with Gasteiger partial charge < -0.3 is 19.7 Å². The third-order valence-corrected chi connectivity index (χ3v) is 6.06. The first-order valence-electron chi connectivity index (χ1n) is 9.86. The van der Waals surface area contributed by atoms with Gasteiger partial charge in [-0.3, -0.25) is 4.79 Å². The molecule has 2 aliphatic heterocycles. The van der Waals surface area contributed by atoms with Crippen LogP contribution in [0.5, 0.6) is 11.5 Å². The molecule has 2 heterocycles. The fraction of sp³-hybridized carbons (Fsp3) is 0.667. The quantitative estimate of drug-likeness (QED) is 0.845. The molecule has 1 aromatic rings. The predicted octanol–water partition coefficient (Wildman–Crippen LogP) is 3.39. The van der Waals surface area contributed by atoms with Gasteiger partial charge in [0.15, 0.2) is 0 Å². The zero-order valence-electron chi connectivity index (χ0n) is 16.3. The fourth-order valence-electron chi connectivity index (χ4n) is 4.45. The smallest absolute Gasteiger partial charge is 0.223 e. The Kier molecular flexibility index (Phi) is 6.41. The normalized spacial score (nSPS) is 22.3. The highest BCUT2D eigenvalue weighted by molar-refractivity contribution is 5.77. The summed E-state index contributed by atoms with van der Waals surface area (Å²) in [7, 11) is 3.33. The highest BCUT2D eigenvalue weighted by Crippen LogP contribution is 2.39. The fourth-order valence-corrected chi connectivity index (χ4v) is 4.45. The number of methoxy groups -OCH3 is 2. The van der Waals surface area contributed by atoms with E-state index in [1.807, 2.05) is 18.2 Å². The van der Waals surface area contributed by atoms with E-state index in [0.29, 0.717) is 18.3 Å². The monoisotopic (exact) mass is 360 g/mol. The molecule has 5 heteroatoms. The highest BCUT2D eigenvalue weighted by Gasteiger charge is 2.33. The molecule has 1 amide bonds. The molecule has 2 fully saturated rings. The van der Waals surface area contributed by atoms with Gasteiger partial charge >= 0.3 is 0 Å². The molecule has 0 spiro atoms. The third-order valence-electron chi connectivity index (χ3n) is 6.06. The molecule has 2 unspecified atom stereocenters. The van der Waals surface area contributed by atoms with Crippen molar-refractivity contribution >= 4 is 5.91 Å². The Morgan fingerprint density at radius 3 is 2.69 bits per heavy atom. The molecule has 1 aromatic carbocycles. The summed E-state index contributed by atoms with van der Waals surface area (Å²) in [6, 6.07) is 6.03. The van der Waals surface area contributed by atoms with E-state index in [4.69, 9.17) is 9.47 Å². The number of nitrogens with one attached hydrogen (secondary N) is 1. The van der Waals surface area contributed by atoms with E-state index in [-0.39, 0.29) is 11.9 Å². The second kappa shape index (κ2) is 8.76. The summed E-state index contributed by atoms with van der Waals surface area (Å²) in [5, 5.41) is 3.41. The van der Waals surface area contributed by atoms with Gasteiger partial charge in [0.1, 0.15) is 11.5 Å². The number of carbonyl (C=O) groups is 1. The number of amides is 1.